The van der Waals surface area contributed by atoms with E-state index in [0.717, 1.165) is 16.9 Å². The molecule has 6 heteroatoms. The van der Waals surface area contributed by atoms with E-state index < -0.39 is 0 Å². The Morgan fingerprint density at radius 3 is 2.82 bits per heavy atom. The second-order valence-electron chi connectivity index (χ2n) is 5.28. The number of nitrogen functional groups attached to an aromatic ring is 1. The molecule has 1 aromatic heterocycles. The molecule has 118 valence electrons. The van der Waals surface area contributed by atoms with E-state index in [1.165, 1.54) is 16.9 Å². The minimum atomic E-state index is 0.390. The largest absolute Gasteiger partial charge is 0.494 e. The summed E-state index contributed by atoms with van der Waals surface area (Å²) in [5, 5.41) is 6.70. The smallest absolute Gasteiger partial charge is 0.205 e. The number of anilines is 2. The lowest BCUT2D eigenvalue weighted by atomic mass is 9.97. The number of hydrazone groups is 1. The van der Waals surface area contributed by atoms with Crippen LogP contribution in [0.3, 0.4) is 0 Å². The molecule has 0 radical (unpaired) electrons. The number of ether oxygens (including phenoxy) is 1. The molecule has 0 spiro atoms. The van der Waals surface area contributed by atoms with Crippen molar-refractivity contribution in [3.63, 3.8) is 0 Å². The molecule has 0 atom stereocenters. The van der Waals surface area contributed by atoms with Crippen molar-refractivity contribution >= 4 is 28.5 Å². The fraction of sp³-hybridized carbons (Fsp3) is 0.375. The molecular formula is C16H22N4OS. The predicted molar refractivity (Wildman–Crippen MR) is 94.2 cm³/mol. The topological polar surface area (TPSA) is 72.5 Å². The lowest BCUT2D eigenvalue weighted by Gasteiger charge is -2.15. The average molecular weight is 318 g/mol. The van der Waals surface area contributed by atoms with Crippen molar-refractivity contribution in [2.75, 3.05) is 17.8 Å². The second-order valence-corrected chi connectivity index (χ2v) is 6.14. The first-order valence-corrected chi connectivity index (χ1v) is 8.16. The monoisotopic (exact) mass is 318 g/mol. The van der Waals surface area contributed by atoms with Crippen LogP contribution < -0.4 is 15.9 Å². The molecule has 1 aromatic carbocycles. The predicted octanol–water partition coefficient (Wildman–Crippen LogP) is 4.00. The van der Waals surface area contributed by atoms with Crippen LogP contribution in [-0.4, -0.2) is 17.8 Å². The molecule has 3 N–H and O–H groups in total. The lowest BCUT2D eigenvalue weighted by molar-refractivity contribution is 0.335. The third-order valence-corrected chi connectivity index (χ3v) is 3.97. The van der Waals surface area contributed by atoms with Crippen molar-refractivity contribution < 1.29 is 4.74 Å². The lowest BCUT2D eigenvalue weighted by Crippen LogP contribution is -2.02. The van der Waals surface area contributed by atoms with Crippen LogP contribution in [0.2, 0.25) is 0 Å². The number of thiazole rings is 1. The molecule has 22 heavy (non-hydrogen) atoms. The molecule has 0 saturated heterocycles. The number of nitrogens with two attached hydrogens (primary N) is 1. The molecule has 0 aliphatic carbocycles. The highest BCUT2D eigenvalue weighted by molar-refractivity contribution is 7.14. The fourth-order valence-corrected chi connectivity index (χ4v) is 2.63. The van der Waals surface area contributed by atoms with E-state index in [2.05, 4.69) is 48.4 Å². The van der Waals surface area contributed by atoms with E-state index in [0.29, 0.717) is 23.5 Å². The van der Waals surface area contributed by atoms with Crippen molar-refractivity contribution in [1.29, 1.82) is 0 Å². The number of aryl methyl sites for hydroxylation is 1. The van der Waals surface area contributed by atoms with Gasteiger partial charge in [-0.2, -0.15) is 5.10 Å². The highest BCUT2D eigenvalue weighted by atomic mass is 32.1. The Kier molecular flexibility index (Phi) is 5.38. The second kappa shape index (κ2) is 7.26. The van der Waals surface area contributed by atoms with E-state index >= 15 is 0 Å². The summed E-state index contributed by atoms with van der Waals surface area (Å²) in [4.78, 5) is 4.10. The van der Waals surface area contributed by atoms with Crippen molar-refractivity contribution in [3.8, 4) is 5.75 Å². The fourth-order valence-electron chi connectivity index (χ4n) is 2.08. The molecule has 0 aliphatic heterocycles. The number of benzene rings is 1. The van der Waals surface area contributed by atoms with Gasteiger partial charge >= 0.3 is 0 Å². The zero-order valence-electron chi connectivity index (χ0n) is 13.4. The molecule has 2 rings (SSSR count). The Morgan fingerprint density at radius 1 is 1.45 bits per heavy atom. The van der Waals surface area contributed by atoms with Gasteiger partial charge in [-0.25, -0.2) is 4.98 Å². The first kappa shape index (κ1) is 16.3. The highest BCUT2D eigenvalue weighted by Gasteiger charge is 2.10. The molecule has 0 amide bonds. The SMILES string of the molecule is CCOc1cc(C)c(C=NNc2nc(N)cs2)cc1C(C)C. The molecule has 0 bridgehead atoms. The summed E-state index contributed by atoms with van der Waals surface area (Å²) in [6, 6.07) is 4.20. The normalized spacial score (nSPS) is 11.3. The van der Waals surface area contributed by atoms with Crippen molar-refractivity contribution in [3.05, 3.63) is 34.2 Å². The van der Waals surface area contributed by atoms with Crippen molar-refractivity contribution in [1.82, 2.24) is 4.98 Å². The minimum Gasteiger partial charge on any atom is -0.494 e. The summed E-state index contributed by atoms with van der Waals surface area (Å²) in [5.41, 5.74) is 11.8. The number of nitrogens with zero attached hydrogens (tertiary/aromatic N) is 2. The Morgan fingerprint density at radius 2 is 2.23 bits per heavy atom. The van der Waals surface area contributed by atoms with Gasteiger partial charge in [0.15, 0.2) is 0 Å². The summed E-state index contributed by atoms with van der Waals surface area (Å²) in [6.07, 6.45) is 1.80. The van der Waals surface area contributed by atoms with E-state index in [1.54, 1.807) is 11.6 Å². The number of hydrogen-bond donors (Lipinski definition) is 2. The third kappa shape index (κ3) is 3.98. The van der Waals surface area contributed by atoms with Crippen LogP contribution in [0.1, 0.15) is 43.4 Å². The molecule has 1 heterocycles. The maximum Gasteiger partial charge on any atom is 0.205 e. The van der Waals surface area contributed by atoms with E-state index in [1.807, 2.05) is 6.92 Å². The number of aromatic nitrogens is 1. The molecule has 0 fully saturated rings. The first-order valence-electron chi connectivity index (χ1n) is 7.28. The number of nitrogens with one attached hydrogen (secondary N) is 1. The Balaban J connectivity index is 2.21. The first-order chi connectivity index (χ1) is 10.5. The van der Waals surface area contributed by atoms with E-state index in [4.69, 9.17) is 10.5 Å². The van der Waals surface area contributed by atoms with Crippen LogP contribution >= 0.6 is 11.3 Å². The quantitative estimate of drug-likeness (QED) is 0.623. The van der Waals surface area contributed by atoms with E-state index in [9.17, 15) is 0 Å². The van der Waals surface area contributed by atoms with Gasteiger partial charge in [0.1, 0.15) is 11.6 Å². The van der Waals surface area contributed by atoms with Gasteiger partial charge in [-0.3, -0.25) is 5.43 Å². The molecule has 2 aromatic rings. The Hall–Kier alpha value is -2.08. The number of hydrogen-bond acceptors (Lipinski definition) is 6. The van der Waals surface area contributed by atoms with Crippen LogP contribution in [0.5, 0.6) is 5.75 Å². The van der Waals surface area contributed by atoms with Gasteiger partial charge in [-0.1, -0.05) is 13.8 Å². The average Bonchev–Trinajstić information content (AvgIpc) is 2.87. The van der Waals surface area contributed by atoms with Crippen LogP contribution in [0.25, 0.3) is 0 Å². The molecule has 0 aliphatic rings. The van der Waals surface area contributed by atoms with Crippen LogP contribution in [0, 0.1) is 6.92 Å². The summed E-state index contributed by atoms with van der Waals surface area (Å²) in [6.45, 7) is 9.03. The van der Waals surface area contributed by atoms with Gasteiger partial charge in [0.05, 0.1) is 12.8 Å². The van der Waals surface area contributed by atoms with Crippen molar-refractivity contribution in [2.24, 2.45) is 5.10 Å². The van der Waals surface area contributed by atoms with Crippen LogP contribution in [0.4, 0.5) is 10.9 Å². The maximum atomic E-state index is 5.73. The van der Waals surface area contributed by atoms with Crippen LogP contribution in [0.15, 0.2) is 22.6 Å². The highest BCUT2D eigenvalue weighted by Crippen LogP contribution is 2.29. The summed E-state index contributed by atoms with van der Waals surface area (Å²) in [7, 11) is 0. The number of rotatable bonds is 6. The standard InChI is InChI=1S/C16H22N4OS/c1-5-21-14-6-11(4)12(7-13(14)10(2)3)8-18-20-16-19-15(17)9-22-16/h6-10H,5,17H2,1-4H3,(H,19,20). The van der Waals surface area contributed by atoms with Gasteiger partial charge in [-0.15, -0.1) is 11.3 Å². The van der Waals surface area contributed by atoms with Crippen LogP contribution in [-0.2, 0) is 0 Å². The Bertz CT molecular complexity index is 664. The molecule has 0 saturated carbocycles. The molecule has 5 nitrogen and oxygen atoms in total. The van der Waals surface area contributed by atoms with Gasteiger partial charge < -0.3 is 10.5 Å². The minimum absolute atomic E-state index is 0.390. The molecule has 0 unspecified atom stereocenters. The van der Waals surface area contributed by atoms with Gasteiger partial charge in [0.2, 0.25) is 5.13 Å². The van der Waals surface area contributed by atoms with E-state index in [-0.39, 0.29) is 0 Å². The van der Waals surface area contributed by atoms with Gasteiger partial charge in [0, 0.05) is 5.38 Å². The Labute approximate surface area is 135 Å². The maximum absolute atomic E-state index is 5.73. The zero-order chi connectivity index (χ0) is 16.1. The summed E-state index contributed by atoms with van der Waals surface area (Å²) < 4.78 is 5.73. The van der Waals surface area contributed by atoms with Crippen molar-refractivity contribution in [2.45, 2.75) is 33.6 Å². The zero-order valence-corrected chi connectivity index (χ0v) is 14.2. The van der Waals surface area contributed by atoms with Gasteiger partial charge in [0.25, 0.3) is 0 Å². The summed E-state index contributed by atoms with van der Waals surface area (Å²) in [5.74, 6) is 1.84. The van der Waals surface area contributed by atoms with Gasteiger partial charge in [-0.05, 0) is 48.6 Å². The summed E-state index contributed by atoms with van der Waals surface area (Å²) >= 11 is 1.43. The molecular weight excluding hydrogens is 296 g/mol. The third-order valence-electron chi connectivity index (χ3n) is 3.21.